The molecule has 1 aliphatic heterocycles. The second kappa shape index (κ2) is 12.3. The maximum atomic E-state index is 12.5. The number of rotatable bonds is 10. The first-order valence-electron chi connectivity index (χ1n) is 9.48. The Labute approximate surface area is 177 Å². The van der Waals surface area contributed by atoms with Crippen LogP contribution in [0.4, 0.5) is 13.2 Å². The zero-order valence-corrected chi connectivity index (χ0v) is 18.6. The van der Waals surface area contributed by atoms with Crippen molar-refractivity contribution in [3.05, 3.63) is 0 Å². The summed E-state index contributed by atoms with van der Waals surface area (Å²) < 4.78 is 42.7. The summed E-state index contributed by atoms with van der Waals surface area (Å²) in [5.74, 6) is 0.689. The quantitative estimate of drug-likeness (QED) is 0.269. The monoisotopic (exact) mass is 507 g/mol. The first kappa shape index (κ1) is 24.7. The second-order valence-electron chi connectivity index (χ2n) is 7.00. The van der Waals surface area contributed by atoms with Gasteiger partial charge in [0.25, 0.3) is 0 Å². The van der Waals surface area contributed by atoms with Crippen molar-refractivity contribution < 1.29 is 17.9 Å². The van der Waals surface area contributed by atoms with Gasteiger partial charge in [0.2, 0.25) is 0 Å². The van der Waals surface area contributed by atoms with Crippen LogP contribution in [0.25, 0.3) is 0 Å². The van der Waals surface area contributed by atoms with E-state index in [1.165, 1.54) is 17.7 Å². The molecule has 1 saturated heterocycles. The average molecular weight is 507 g/mol. The standard InChI is InChI=1S/C17H32F3N5O.HI/c1-3-21-16(22-7-9-25(10-11-26-2)15-4-5-15)23-14-6-8-24(12-14)13-17(18,19)20;/h14-15H,3-13H2,1-2H3,(H2,21,22,23);1H. The fraction of sp³-hybridized carbons (Fsp3) is 0.941. The summed E-state index contributed by atoms with van der Waals surface area (Å²) >= 11 is 0. The molecule has 2 fully saturated rings. The number of halogens is 4. The van der Waals surface area contributed by atoms with Gasteiger partial charge < -0.3 is 15.4 Å². The zero-order chi connectivity index (χ0) is 19.0. The predicted octanol–water partition coefficient (Wildman–Crippen LogP) is 1.91. The summed E-state index contributed by atoms with van der Waals surface area (Å²) in [6.07, 6.45) is -0.962. The first-order chi connectivity index (χ1) is 12.4. The van der Waals surface area contributed by atoms with E-state index in [-0.39, 0.29) is 30.0 Å². The summed E-state index contributed by atoms with van der Waals surface area (Å²) in [5, 5.41) is 6.47. The third kappa shape index (κ3) is 10.1. The lowest BCUT2D eigenvalue weighted by Crippen LogP contribution is -2.45. The number of ether oxygens (including phenoxy) is 1. The predicted molar refractivity (Wildman–Crippen MR) is 112 cm³/mol. The van der Waals surface area contributed by atoms with Gasteiger partial charge in [-0.2, -0.15) is 13.2 Å². The molecule has 0 amide bonds. The molecule has 1 atom stereocenters. The zero-order valence-electron chi connectivity index (χ0n) is 16.2. The van der Waals surface area contributed by atoms with Gasteiger partial charge in [0.05, 0.1) is 19.7 Å². The topological polar surface area (TPSA) is 52.1 Å². The average Bonchev–Trinajstić information content (AvgIpc) is 3.31. The van der Waals surface area contributed by atoms with Crippen molar-refractivity contribution in [1.29, 1.82) is 0 Å². The van der Waals surface area contributed by atoms with Gasteiger partial charge in [0.15, 0.2) is 5.96 Å². The molecule has 10 heteroatoms. The first-order valence-corrected chi connectivity index (χ1v) is 9.48. The maximum absolute atomic E-state index is 12.5. The van der Waals surface area contributed by atoms with Crippen LogP contribution < -0.4 is 10.6 Å². The molecule has 2 aliphatic rings. The smallest absolute Gasteiger partial charge is 0.383 e. The molecule has 2 N–H and O–H groups in total. The summed E-state index contributed by atoms with van der Waals surface area (Å²) in [6.45, 7) is 5.89. The van der Waals surface area contributed by atoms with Crippen LogP contribution in [-0.4, -0.2) is 93.5 Å². The fourth-order valence-corrected chi connectivity index (χ4v) is 3.28. The van der Waals surface area contributed by atoms with E-state index < -0.39 is 12.7 Å². The highest BCUT2D eigenvalue weighted by Gasteiger charge is 2.34. The maximum Gasteiger partial charge on any atom is 0.401 e. The molecule has 0 radical (unpaired) electrons. The lowest BCUT2D eigenvalue weighted by atomic mass is 10.3. The Bertz CT molecular complexity index is 449. The van der Waals surface area contributed by atoms with Gasteiger partial charge in [-0.15, -0.1) is 24.0 Å². The molecule has 0 aromatic heterocycles. The van der Waals surface area contributed by atoms with Crippen LogP contribution in [0.2, 0.25) is 0 Å². The van der Waals surface area contributed by atoms with E-state index in [1.54, 1.807) is 7.11 Å². The molecule has 1 aliphatic carbocycles. The van der Waals surface area contributed by atoms with Crippen molar-refractivity contribution in [2.45, 2.75) is 44.4 Å². The van der Waals surface area contributed by atoms with Gasteiger partial charge in [-0.1, -0.05) is 0 Å². The molecule has 160 valence electrons. The highest BCUT2D eigenvalue weighted by atomic mass is 127. The van der Waals surface area contributed by atoms with E-state index in [0.717, 1.165) is 26.2 Å². The number of nitrogens with one attached hydrogen (secondary N) is 2. The Morgan fingerprint density at radius 3 is 2.59 bits per heavy atom. The summed E-state index contributed by atoms with van der Waals surface area (Å²) in [5.41, 5.74) is 0. The molecule has 6 nitrogen and oxygen atoms in total. The van der Waals surface area contributed by atoms with Crippen LogP contribution in [-0.2, 0) is 4.74 Å². The third-order valence-electron chi connectivity index (χ3n) is 4.66. The highest BCUT2D eigenvalue weighted by molar-refractivity contribution is 14.0. The molecule has 1 heterocycles. The van der Waals surface area contributed by atoms with Crippen molar-refractivity contribution in [2.24, 2.45) is 4.99 Å². The van der Waals surface area contributed by atoms with Gasteiger partial charge in [-0.25, -0.2) is 0 Å². The molecular weight excluding hydrogens is 474 g/mol. The minimum Gasteiger partial charge on any atom is -0.383 e. The summed E-state index contributed by atoms with van der Waals surface area (Å²) in [6, 6.07) is 0.657. The number of methoxy groups -OCH3 is 1. The van der Waals surface area contributed by atoms with Gasteiger partial charge in [0, 0.05) is 51.9 Å². The van der Waals surface area contributed by atoms with Crippen LogP contribution in [0, 0.1) is 0 Å². The number of hydrogen-bond acceptors (Lipinski definition) is 4. The number of likely N-dealkylation sites (tertiary alicyclic amines) is 1. The van der Waals surface area contributed by atoms with Crippen LogP contribution in [0.5, 0.6) is 0 Å². The van der Waals surface area contributed by atoms with E-state index in [9.17, 15) is 13.2 Å². The second-order valence-corrected chi connectivity index (χ2v) is 7.00. The minimum atomic E-state index is -4.14. The van der Waals surface area contributed by atoms with Gasteiger partial charge in [-0.05, 0) is 26.2 Å². The lowest BCUT2D eigenvalue weighted by Gasteiger charge is -2.22. The summed E-state index contributed by atoms with van der Waals surface area (Å²) in [7, 11) is 1.71. The van der Waals surface area contributed by atoms with Crippen LogP contribution in [0.1, 0.15) is 26.2 Å². The minimum absolute atomic E-state index is 0. The number of alkyl halides is 3. The van der Waals surface area contributed by atoms with Crippen molar-refractivity contribution in [3.8, 4) is 0 Å². The Hall–Kier alpha value is -0.330. The van der Waals surface area contributed by atoms with Crippen molar-refractivity contribution in [1.82, 2.24) is 20.4 Å². The Morgan fingerprint density at radius 1 is 1.26 bits per heavy atom. The van der Waals surface area contributed by atoms with E-state index in [2.05, 4.69) is 20.5 Å². The summed E-state index contributed by atoms with van der Waals surface area (Å²) in [4.78, 5) is 8.45. The largest absolute Gasteiger partial charge is 0.401 e. The Morgan fingerprint density at radius 2 is 2.00 bits per heavy atom. The number of hydrogen-bond donors (Lipinski definition) is 2. The molecule has 0 bridgehead atoms. The Balaban J connectivity index is 0.00000364. The third-order valence-corrected chi connectivity index (χ3v) is 4.66. The van der Waals surface area contributed by atoms with E-state index in [0.29, 0.717) is 38.1 Å². The van der Waals surface area contributed by atoms with Crippen molar-refractivity contribution >= 4 is 29.9 Å². The number of guanidine groups is 1. The van der Waals surface area contributed by atoms with E-state index in [4.69, 9.17) is 4.74 Å². The van der Waals surface area contributed by atoms with E-state index in [1.807, 2.05) is 6.92 Å². The van der Waals surface area contributed by atoms with Gasteiger partial charge >= 0.3 is 6.18 Å². The highest BCUT2D eigenvalue weighted by Crippen LogP contribution is 2.26. The molecule has 0 aromatic carbocycles. The van der Waals surface area contributed by atoms with Gasteiger partial charge in [-0.3, -0.25) is 14.8 Å². The molecular formula is C17H33F3IN5O. The van der Waals surface area contributed by atoms with Crippen LogP contribution >= 0.6 is 24.0 Å². The fourth-order valence-electron chi connectivity index (χ4n) is 3.28. The number of aliphatic imine (C=N–C) groups is 1. The van der Waals surface area contributed by atoms with Crippen molar-refractivity contribution in [2.75, 3.05) is 59.5 Å². The van der Waals surface area contributed by atoms with Crippen LogP contribution in [0.3, 0.4) is 0 Å². The Kier molecular flexibility index (Phi) is 11.2. The normalized spacial score (nSPS) is 21.4. The van der Waals surface area contributed by atoms with Crippen molar-refractivity contribution in [3.63, 3.8) is 0 Å². The molecule has 1 unspecified atom stereocenters. The molecule has 1 saturated carbocycles. The lowest BCUT2D eigenvalue weighted by molar-refractivity contribution is -0.143. The SMILES string of the molecule is CCNC(=NCCN(CCOC)C1CC1)NC1CCN(CC(F)(F)F)C1.I. The van der Waals surface area contributed by atoms with E-state index >= 15 is 0 Å². The molecule has 0 aromatic rings. The molecule has 0 spiro atoms. The molecule has 27 heavy (non-hydrogen) atoms. The van der Waals surface area contributed by atoms with Crippen LogP contribution in [0.15, 0.2) is 4.99 Å². The van der Waals surface area contributed by atoms with Gasteiger partial charge in [0.1, 0.15) is 0 Å². The molecule has 2 rings (SSSR count). The number of nitrogens with zero attached hydrogens (tertiary/aromatic N) is 3.